The van der Waals surface area contributed by atoms with Crippen molar-refractivity contribution in [1.29, 1.82) is 0 Å². The molecule has 1 aromatic rings. The molecular weight excluding hydrogens is 405 g/mol. The molecule has 0 amide bonds. The summed E-state index contributed by atoms with van der Waals surface area (Å²) in [6.45, 7) is 0. The first-order chi connectivity index (χ1) is 2.50. The zero-order valence-electron chi connectivity index (χ0n) is 9.61. The van der Waals surface area contributed by atoms with Crippen molar-refractivity contribution >= 4 is 37.2 Å². The van der Waals surface area contributed by atoms with Crippen LogP contribution in [0.15, 0.2) is 30.3 Å². The van der Waals surface area contributed by atoms with Crippen molar-refractivity contribution < 1.29 is 25.8 Å². The first-order valence-corrected chi connectivity index (χ1v) is 1.67. The normalized spacial score (nSPS) is 2.86. The largest absolute Gasteiger partial charge is 0.358 e. The van der Waals surface area contributed by atoms with Crippen molar-refractivity contribution in [2.75, 3.05) is 0 Å². The van der Waals surface area contributed by atoms with Gasteiger partial charge in [-0.3, -0.25) is 0 Å². The first-order valence-electron chi connectivity index (χ1n) is 1.67. The van der Waals surface area contributed by atoms with Crippen molar-refractivity contribution in [2.24, 2.45) is 0 Å². The van der Waals surface area contributed by atoms with E-state index in [-0.39, 0.29) is 100 Å². The number of rotatable bonds is 0. The van der Waals surface area contributed by atoms with Gasteiger partial charge < -0.3 is 37.1 Å². The van der Waals surface area contributed by atoms with E-state index in [0.29, 0.717) is 0 Å². The van der Waals surface area contributed by atoms with Gasteiger partial charge in [-0.25, -0.2) is 12.1 Å². The summed E-state index contributed by atoms with van der Waals surface area (Å²) in [6.07, 6.45) is 0. The summed E-state index contributed by atoms with van der Waals surface area (Å²) < 4.78 is 0. The smallest absolute Gasteiger partial charge is 0 e. The third-order valence-corrected chi connectivity index (χ3v) is 0.556. The van der Waals surface area contributed by atoms with E-state index in [2.05, 4.69) is 0 Å². The zero-order chi connectivity index (χ0) is 3.54. The van der Waals surface area contributed by atoms with Crippen LogP contribution in [0.5, 0.6) is 0 Å². The topological polar surface area (TPSA) is 0 Å². The van der Waals surface area contributed by atoms with Gasteiger partial charge in [0.15, 0.2) is 0 Å². The van der Waals surface area contributed by atoms with Crippen molar-refractivity contribution in [3.63, 3.8) is 0 Å². The van der Waals surface area contributed by atoms with Crippen LogP contribution < -0.4 is 0 Å². The fraction of sp³-hybridized carbons (Fsp3) is 0. The minimum atomic E-state index is 0. The summed E-state index contributed by atoms with van der Waals surface area (Å²) in [5.74, 6) is 0. The molecule has 0 unspecified atom stereocenters. The molecule has 0 spiro atoms. The average Bonchev–Trinajstić information content (AvgIpc) is 1.76. The molecule has 0 bridgehead atoms. The Kier molecular flexibility index (Phi) is 376. The van der Waals surface area contributed by atoms with Crippen LogP contribution in [0.1, 0.15) is 0 Å². The Balaban J connectivity index is -0.00000000397. The summed E-state index contributed by atoms with van der Waals surface area (Å²) >= 11 is 0. The molecular formula is C10H23Cl3Hf-6. The van der Waals surface area contributed by atoms with E-state index in [1.165, 1.54) is 0 Å². The standard InChI is InChI=1S/C5H5.5CH3.3ClH.Hf/c1-2-4-5-3-1;;;;;;;;;/h1-5H;5*1H3;3*1H;/q6*-1;;;;. The van der Waals surface area contributed by atoms with Gasteiger partial charge in [-0.2, -0.15) is 18.2 Å². The van der Waals surface area contributed by atoms with Gasteiger partial charge in [-0.15, -0.1) is 37.2 Å². The van der Waals surface area contributed by atoms with Crippen LogP contribution in [-0.2, 0) is 25.8 Å². The second kappa shape index (κ2) is 65.1. The summed E-state index contributed by atoms with van der Waals surface area (Å²) in [6, 6.07) is 10.0. The molecule has 0 fully saturated rings. The van der Waals surface area contributed by atoms with Crippen LogP contribution >= 0.6 is 37.2 Å². The van der Waals surface area contributed by atoms with Crippen molar-refractivity contribution in [1.82, 2.24) is 0 Å². The predicted octanol–water partition coefficient (Wildman–Crippen LogP) is 4.92. The van der Waals surface area contributed by atoms with E-state index >= 15 is 0 Å². The monoisotopic (exact) mass is 428 g/mol. The second-order valence-electron chi connectivity index (χ2n) is 0.962. The minimum absolute atomic E-state index is 0. The molecule has 0 atom stereocenters. The van der Waals surface area contributed by atoms with Crippen LogP contribution in [0.3, 0.4) is 0 Å². The summed E-state index contributed by atoms with van der Waals surface area (Å²) in [5.41, 5.74) is 0. The van der Waals surface area contributed by atoms with Crippen LogP contribution in [0.4, 0.5) is 0 Å². The molecule has 0 aromatic heterocycles. The molecule has 1 rings (SSSR count). The van der Waals surface area contributed by atoms with Crippen LogP contribution in [0, 0.1) is 37.1 Å². The van der Waals surface area contributed by atoms with E-state index in [0.717, 1.165) is 0 Å². The molecule has 0 radical (unpaired) electrons. The molecule has 0 nitrogen and oxygen atoms in total. The maximum absolute atomic E-state index is 2.00. The Morgan fingerprint density at radius 1 is 0.571 bits per heavy atom. The summed E-state index contributed by atoms with van der Waals surface area (Å²) in [7, 11) is 0. The van der Waals surface area contributed by atoms with Crippen LogP contribution in [-0.4, -0.2) is 0 Å². The molecule has 0 aliphatic carbocycles. The van der Waals surface area contributed by atoms with Gasteiger partial charge in [0.25, 0.3) is 0 Å². The third-order valence-electron chi connectivity index (χ3n) is 0.556. The van der Waals surface area contributed by atoms with Crippen LogP contribution in [0.2, 0.25) is 0 Å². The Labute approximate surface area is 130 Å². The molecule has 0 saturated carbocycles. The van der Waals surface area contributed by atoms with Crippen molar-refractivity contribution in [3.05, 3.63) is 67.5 Å². The van der Waals surface area contributed by atoms with Gasteiger partial charge in [0.2, 0.25) is 0 Å². The molecule has 4 heteroatoms. The van der Waals surface area contributed by atoms with E-state index in [1.54, 1.807) is 0 Å². The third kappa shape index (κ3) is 51.6. The fourth-order valence-corrected chi connectivity index (χ4v) is 0.321. The molecule has 0 heterocycles. The van der Waals surface area contributed by atoms with Crippen molar-refractivity contribution in [2.45, 2.75) is 0 Å². The Morgan fingerprint density at radius 3 is 0.857 bits per heavy atom. The van der Waals surface area contributed by atoms with Crippen molar-refractivity contribution in [3.8, 4) is 0 Å². The molecule has 0 saturated heterocycles. The Morgan fingerprint density at radius 2 is 0.786 bits per heavy atom. The summed E-state index contributed by atoms with van der Waals surface area (Å²) in [4.78, 5) is 0. The SMILES string of the molecule is Cl.Cl.Cl.[CH3-].[CH3-].[CH3-].[CH3-].[CH3-].[Hf].c1cc[cH-]c1. The second-order valence-corrected chi connectivity index (χ2v) is 0.962. The zero-order valence-corrected chi connectivity index (χ0v) is 15.7. The Bertz CT molecular complexity index is 71.8. The number of hydrogen-bond donors (Lipinski definition) is 0. The molecule has 1 aromatic carbocycles. The predicted molar refractivity (Wildman–Crippen MR) is 75.8 cm³/mol. The molecule has 14 heavy (non-hydrogen) atoms. The van der Waals surface area contributed by atoms with Gasteiger partial charge in [0, 0.05) is 25.8 Å². The minimum Gasteiger partial charge on any atom is -0.358 e. The van der Waals surface area contributed by atoms with Gasteiger partial charge in [-0.05, 0) is 0 Å². The van der Waals surface area contributed by atoms with E-state index in [9.17, 15) is 0 Å². The molecule has 0 N–H and O–H groups in total. The molecule has 0 aliphatic heterocycles. The van der Waals surface area contributed by atoms with Gasteiger partial charge in [-0.1, -0.05) is 0 Å². The number of halogens is 3. The first kappa shape index (κ1) is 80.8. The Hall–Kier alpha value is 1.09. The van der Waals surface area contributed by atoms with E-state index in [1.807, 2.05) is 30.3 Å². The fourth-order valence-electron chi connectivity index (χ4n) is 0.321. The average molecular weight is 428 g/mol. The van der Waals surface area contributed by atoms with Gasteiger partial charge in [0.05, 0.1) is 0 Å². The quantitative estimate of drug-likeness (QED) is 0.407. The van der Waals surface area contributed by atoms with E-state index < -0.39 is 0 Å². The van der Waals surface area contributed by atoms with Gasteiger partial charge >= 0.3 is 0 Å². The van der Waals surface area contributed by atoms with Crippen LogP contribution in [0.25, 0.3) is 0 Å². The maximum Gasteiger partial charge on any atom is 0 e. The molecule has 0 aliphatic rings. The molecule has 94 valence electrons. The maximum atomic E-state index is 2.00. The summed E-state index contributed by atoms with van der Waals surface area (Å²) in [5, 5.41) is 0. The number of hydrogen-bond acceptors (Lipinski definition) is 0. The van der Waals surface area contributed by atoms with E-state index in [4.69, 9.17) is 0 Å². The van der Waals surface area contributed by atoms with Gasteiger partial charge in [0.1, 0.15) is 0 Å².